The average Bonchev–Trinajstić information content (AvgIpc) is 3.28. The molecule has 3 amide bonds. The number of rotatable bonds is 5. The van der Waals surface area contributed by atoms with Crippen LogP contribution in [0.4, 0.5) is 5.69 Å². The van der Waals surface area contributed by atoms with Gasteiger partial charge in [-0.15, -0.1) is 0 Å². The van der Waals surface area contributed by atoms with Crippen LogP contribution < -0.4 is 5.32 Å². The lowest BCUT2D eigenvalue weighted by molar-refractivity contribution is -0.116. The van der Waals surface area contributed by atoms with Crippen molar-refractivity contribution in [2.75, 3.05) is 25.0 Å². The fourth-order valence-corrected chi connectivity index (χ4v) is 4.05. The Morgan fingerprint density at radius 1 is 0.966 bits per heavy atom. The molecular formula is C21H19Cl2N3O3. The zero-order chi connectivity index (χ0) is 20.5. The molecule has 0 aromatic heterocycles. The summed E-state index contributed by atoms with van der Waals surface area (Å²) in [5.74, 6) is -1.54. The summed E-state index contributed by atoms with van der Waals surface area (Å²) >= 11 is 11.9. The smallest absolute Gasteiger partial charge is 0.262 e. The van der Waals surface area contributed by atoms with Gasteiger partial charge in [-0.3, -0.25) is 24.2 Å². The van der Waals surface area contributed by atoms with Crippen LogP contribution in [0.15, 0.2) is 36.4 Å². The number of nitrogens with zero attached hydrogens (tertiary/aromatic N) is 2. The third-order valence-corrected chi connectivity index (χ3v) is 5.92. The molecule has 0 aliphatic carbocycles. The number of carbonyl (C=O) groups is 3. The standard InChI is InChI=1S/C21H19Cl2N3O3/c22-16-9-14-15(10-17(16)23)21(29)26(20(14)28)12-19(27)24-18-6-2-1-5-13(18)11-25-7-3-4-8-25/h1-2,5-6,9-10H,3-4,7-8,11-12H2,(H,24,27). The van der Waals surface area contributed by atoms with Gasteiger partial charge in [-0.2, -0.15) is 0 Å². The van der Waals surface area contributed by atoms with Crippen LogP contribution >= 0.6 is 23.2 Å². The molecule has 4 rings (SSSR count). The Hall–Kier alpha value is -2.41. The highest BCUT2D eigenvalue weighted by Gasteiger charge is 2.37. The van der Waals surface area contributed by atoms with Crippen LogP contribution in [0.3, 0.4) is 0 Å². The zero-order valence-electron chi connectivity index (χ0n) is 15.6. The number of halogens is 2. The van der Waals surface area contributed by atoms with Crippen molar-refractivity contribution in [2.24, 2.45) is 0 Å². The molecule has 2 heterocycles. The maximum absolute atomic E-state index is 12.6. The van der Waals surface area contributed by atoms with Gasteiger partial charge in [0.2, 0.25) is 5.91 Å². The van der Waals surface area contributed by atoms with Gasteiger partial charge in [-0.1, -0.05) is 41.4 Å². The van der Waals surface area contributed by atoms with E-state index in [0.29, 0.717) is 5.69 Å². The number of fused-ring (bicyclic) bond motifs is 1. The van der Waals surface area contributed by atoms with Crippen molar-refractivity contribution in [3.63, 3.8) is 0 Å². The summed E-state index contributed by atoms with van der Waals surface area (Å²) < 4.78 is 0. The van der Waals surface area contributed by atoms with Crippen LogP contribution in [0.2, 0.25) is 10.0 Å². The average molecular weight is 432 g/mol. The highest BCUT2D eigenvalue weighted by atomic mass is 35.5. The van der Waals surface area contributed by atoms with Crippen LogP contribution in [0, 0.1) is 0 Å². The lowest BCUT2D eigenvalue weighted by Gasteiger charge is -2.19. The number of amides is 3. The molecule has 1 fully saturated rings. The molecule has 0 atom stereocenters. The molecule has 1 N–H and O–H groups in total. The highest BCUT2D eigenvalue weighted by molar-refractivity contribution is 6.43. The van der Waals surface area contributed by atoms with E-state index in [4.69, 9.17) is 23.2 Å². The molecule has 2 aliphatic rings. The predicted octanol–water partition coefficient (Wildman–Crippen LogP) is 3.82. The molecule has 150 valence electrons. The maximum atomic E-state index is 12.6. The zero-order valence-corrected chi connectivity index (χ0v) is 17.1. The summed E-state index contributed by atoms with van der Waals surface area (Å²) in [6.07, 6.45) is 2.37. The Kier molecular flexibility index (Phi) is 5.58. The van der Waals surface area contributed by atoms with Gasteiger partial charge in [0.1, 0.15) is 6.54 Å². The lowest BCUT2D eigenvalue weighted by Crippen LogP contribution is -2.37. The fraction of sp³-hybridized carbons (Fsp3) is 0.286. The van der Waals surface area contributed by atoms with E-state index in [0.717, 1.165) is 30.1 Å². The van der Waals surface area contributed by atoms with Crippen molar-refractivity contribution in [2.45, 2.75) is 19.4 Å². The van der Waals surface area contributed by atoms with Gasteiger partial charge in [0.05, 0.1) is 21.2 Å². The normalized spacial score (nSPS) is 16.4. The Morgan fingerprint density at radius 3 is 2.17 bits per heavy atom. The van der Waals surface area contributed by atoms with Crippen molar-refractivity contribution in [3.8, 4) is 0 Å². The number of para-hydroxylation sites is 1. The minimum atomic E-state index is -0.552. The summed E-state index contributed by atoms with van der Waals surface area (Å²) in [4.78, 5) is 41.0. The van der Waals surface area contributed by atoms with Gasteiger partial charge in [0.15, 0.2) is 0 Å². The van der Waals surface area contributed by atoms with E-state index in [1.54, 1.807) is 0 Å². The maximum Gasteiger partial charge on any atom is 0.262 e. The molecule has 2 aliphatic heterocycles. The molecule has 8 heteroatoms. The van der Waals surface area contributed by atoms with Gasteiger partial charge in [0, 0.05) is 12.2 Å². The number of benzene rings is 2. The summed E-state index contributed by atoms with van der Waals surface area (Å²) in [6, 6.07) is 10.3. The molecule has 6 nitrogen and oxygen atoms in total. The number of hydrogen-bond acceptors (Lipinski definition) is 4. The van der Waals surface area contributed by atoms with E-state index in [2.05, 4.69) is 10.2 Å². The van der Waals surface area contributed by atoms with E-state index < -0.39 is 17.7 Å². The molecule has 0 spiro atoms. The van der Waals surface area contributed by atoms with Crippen molar-refractivity contribution < 1.29 is 14.4 Å². The molecule has 0 bridgehead atoms. The van der Waals surface area contributed by atoms with Gasteiger partial charge >= 0.3 is 0 Å². The molecule has 1 saturated heterocycles. The first-order chi connectivity index (χ1) is 13.9. The van der Waals surface area contributed by atoms with Gasteiger partial charge in [-0.25, -0.2) is 0 Å². The number of likely N-dealkylation sites (tertiary alicyclic amines) is 1. The highest BCUT2D eigenvalue weighted by Crippen LogP contribution is 2.31. The molecule has 0 radical (unpaired) electrons. The largest absolute Gasteiger partial charge is 0.324 e. The Balaban J connectivity index is 1.47. The van der Waals surface area contributed by atoms with E-state index in [1.165, 1.54) is 25.0 Å². The molecular weight excluding hydrogens is 413 g/mol. The summed E-state index contributed by atoms with van der Waals surface area (Å²) in [5.41, 5.74) is 2.01. The number of carbonyl (C=O) groups excluding carboxylic acids is 3. The molecule has 2 aromatic carbocycles. The first-order valence-corrected chi connectivity index (χ1v) is 10.1. The lowest BCUT2D eigenvalue weighted by atomic mass is 10.1. The van der Waals surface area contributed by atoms with E-state index in [-0.39, 0.29) is 27.7 Å². The van der Waals surface area contributed by atoms with Crippen molar-refractivity contribution in [3.05, 3.63) is 63.1 Å². The fourth-order valence-electron chi connectivity index (χ4n) is 3.72. The topological polar surface area (TPSA) is 69.7 Å². The van der Waals surface area contributed by atoms with E-state index in [1.807, 2.05) is 24.3 Å². The first kappa shape index (κ1) is 19.9. The number of nitrogens with one attached hydrogen (secondary N) is 1. The predicted molar refractivity (Wildman–Crippen MR) is 111 cm³/mol. The van der Waals surface area contributed by atoms with Gasteiger partial charge in [0.25, 0.3) is 11.8 Å². The second-order valence-corrected chi connectivity index (χ2v) is 8.01. The molecule has 29 heavy (non-hydrogen) atoms. The SMILES string of the molecule is O=C(CN1C(=O)c2cc(Cl)c(Cl)cc2C1=O)Nc1ccccc1CN1CCCC1. The Bertz CT molecular complexity index is 962. The van der Waals surface area contributed by atoms with Crippen molar-refractivity contribution in [1.29, 1.82) is 0 Å². The third kappa shape index (κ3) is 4.01. The van der Waals surface area contributed by atoms with Crippen LogP contribution in [0.5, 0.6) is 0 Å². The van der Waals surface area contributed by atoms with Gasteiger partial charge < -0.3 is 5.32 Å². The van der Waals surface area contributed by atoms with E-state index in [9.17, 15) is 14.4 Å². The minimum absolute atomic E-state index is 0.159. The van der Waals surface area contributed by atoms with Gasteiger partial charge in [-0.05, 0) is 49.7 Å². The second-order valence-electron chi connectivity index (χ2n) is 7.20. The summed E-state index contributed by atoms with van der Waals surface area (Å²) in [5, 5.41) is 3.22. The number of anilines is 1. The summed E-state index contributed by atoms with van der Waals surface area (Å²) in [6.45, 7) is 2.46. The quantitative estimate of drug-likeness (QED) is 0.730. The van der Waals surface area contributed by atoms with Crippen LogP contribution in [0.1, 0.15) is 39.1 Å². The molecule has 2 aromatic rings. The number of hydrogen-bond donors (Lipinski definition) is 1. The number of imide groups is 1. The van der Waals surface area contributed by atoms with Crippen molar-refractivity contribution >= 4 is 46.6 Å². The van der Waals surface area contributed by atoms with E-state index >= 15 is 0 Å². The van der Waals surface area contributed by atoms with Crippen molar-refractivity contribution in [1.82, 2.24) is 9.80 Å². The van der Waals surface area contributed by atoms with Crippen LogP contribution in [-0.2, 0) is 11.3 Å². The Labute approximate surface area is 178 Å². The summed E-state index contributed by atoms with van der Waals surface area (Å²) in [7, 11) is 0. The monoisotopic (exact) mass is 431 g/mol. The minimum Gasteiger partial charge on any atom is -0.324 e. The molecule has 0 unspecified atom stereocenters. The molecule has 0 saturated carbocycles. The van der Waals surface area contributed by atoms with Crippen LogP contribution in [-0.4, -0.2) is 47.2 Å². The second kappa shape index (κ2) is 8.14. The Morgan fingerprint density at radius 2 is 1.55 bits per heavy atom. The van der Waals surface area contributed by atoms with Crippen LogP contribution in [0.25, 0.3) is 0 Å². The third-order valence-electron chi connectivity index (χ3n) is 5.20. The first-order valence-electron chi connectivity index (χ1n) is 9.39.